The summed E-state index contributed by atoms with van der Waals surface area (Å²) < 4.78 is 11.0. The Balaban J connectivity index is 1.65. The van der Waals surface area contributed by atoms with Crippen LogP contribution in [0.4, 0.5) is 5.69 Å². The zero-order valence-electron chi connectivity index (χ0n) is 14.7. The minimum Gasteiger partial charge on any atom is -0.496 e. The number of methoxy groups -OCH3 is 1. The van der Waals surface area contributed by atoms with E-state index < -0.39 is 0 Å². The van der Waals surface area contributed by atoms with Crippen LogP contribution in [0.5, 0.6) is 5.75 Å². The van der Waals surface area contributed by atoms with Crippen LogP contribution < -0.4 is 10.1 Å². The Labute approximate surface area is 170 Å². The summed E-state index contributed by atoms with van der Waals surface area (Å²) in [4.78, 5) is 17.0. The summed E-state index contributed by atoms with van der Waals surface area (Å²) in [7, 11) is 1.52. The molecule has 1 amide bonds. The first kappa shape index (κ1) is 18.3. The highest BCUT2D eigenvalue weighted by atomic mass is 35.5. The number of benzene rings is 3. The highest BCUT2D eigenvalue weighted by Gasteiger charge is 2.15. The first-order chi connectivity index (χ1) is 13.5. The van der Waals surface area contributed by atoms with Crippen LogP contribution in [0.25, 0.3) is 22.6 Å². The van der Waals surface area contributed by atoms with Crippen LogP contribution in [0.2, 0.25) is 10.0 Å². The first-order valence-corrected chi connectivity index (χ1v) is 9.11. The lowest BCUT2D eigenvalue weighted by Gasteiger charge is -2.08. The third-order valence-electron chi connectivity index (χ3n) is 4.16. The van der Waals surface area contributed by atoms with E-state index in [-0.39, 0.29) is 5.91 Å². The number of rotatable bonds is 4. The second kappa shape index (κ2) is 7.54. The van der Waals surface area contributed by atoms with Gasteiger partial charge in [0, 0.05) is 10.7 Å². The average Bonchev–Trinajstić information content (AvgIpc) is 3.12. The van der Waals surface area contributed by atoms with Gasteiger partial charge in [-0.3, -0.25) is 4.79 Å². The van der Waals surface area contributed by atoms with Crippen molar-refractivity contribution in [1.82, 2.24) is 4.98 Å². The van der Waals surface area contributed by atoms with Crippen molar-refractivity contribution < 1.29 is 13.9 Å². The summed E-state index contributed by atoms with van der Waals surface area (Å²) in [6.45, 7) is 0. The molecule has 0 unspecified atom stereocenters. The van der Waals surface area contributed by atoms with Gasteiger partial charge in [-0.25, -0.2) is 4.98 Å². The van der Waals surface area contributed by atoms with Gasteiger partial charge in [-0.2, -0.15) is 0 Å². The number of para-hydroxylation sites is 1. The van der Waals surface area contributed by atoms with Crippen molar-refractivity contribution in [2.24, 2.45) is 0 Å². The largest absolute Gasteiger partial charge is 0.496 e. The van der Waals surface area contributed by atoms with E-state index in [9.17, 15) is 4.79 Å². The van der Waals surface area contributed by atoms with Gasteiger partial charge in [-0.05, 0) is 48.5 Å². The molecular formula is C21H14Cl2N2O3. The number of halogens is 2. The van der Waals surface area contributed by atoms with E-state index in [0.717, 1.165) is 0 Å². The number of carbonyl (C=O) groups is 1. The fourth-order valence-corrected chi connectivity index (χ4v) is 3.18. The number of hydrogen-bond donors (Lipinski definition) is 1. The van der Waals surface area contributed by atoms with Crippen molar-refractivity contribution in [2.75, 3.05) is 12.4 Å². The molecule has 0 radical (unpaired) electrons. The number of oxazole rings is 1. The van der Waals surface area contributed by atoms with Crippen LogP contribution in [-0.4, -0.2) is 18.0 Å². The molecule has 1 aromatic heterocycles. The molecule has 0 bridgehead atoms. The van der Waals surface area contributed by atoms with Gasteiger partial charge >= 0.3 is 0 Å². The van der Waals surface area contributed by atoms with Crippen LogP contribution in [-0.2, 0) is 0 Å². The molecule has 1 N–H and O–H groups in total. The van der Waals surface area contributed by atoms with Gasteiger partial charge in [0.15, 0.2) is 5.58 Å². The van der Waals surface area contributed by atoms with Gasteiger partial charge in [-0.1, -0.05) is 35.3 Å². The number of fused-ring (bicyclic) bond motifs is 1. The molecule has 0 saturated heterocycles. The minimum atomic E-state index is -0.279. The van der Waals surface area contributed by atoms with Crippen molar-refractivity contribution in [2.45, 2.75) is 0 Å². The van der Waals surface area contributed by atoms with Crippen molar-refractivity contribution in [1.29, 1.82) is 0 Å². The molecule has 28 heavy (non-hydrogen) atoms. The van der Waals surface area contributed by atoms with Crippen molar-refractivity contribution in [3.05, 3.63) is 76.3 Å². The first-order valence-electron chi connectivity index (χ1n) is 8.35. The predicted octanol–water partition coefficient (Wildman–Crippen LogP) is 6.06. The van der Waals surface area contributed by atoms with Gasteiger partial charge in [0.2, 0.25) is 5.89 Å². The molecule has 140 valence electrons. The lowest BCUT2D eigenvalue weighted by atomic mass is 10.2. The second-order valence-electron chi connectivity index (χ2n) is 5.98. The third kappa shape index (κ3) is 3.54. The molecule has 7 heteroatoms. The van der Waals surface area contributed by atoms with E-state index in [1.165, 1.54) is 7.11 Å². The van der Waals surface area contributed by atoms with Gasteiger partial charge in [0.1, 0.15) is 11.3 Å². The van der Waals surface area contributed by atoms with E-state index in [1.807, 2.05) is 0 Å². The topological polar surface area (TPSA) is 64.4 Å². The summed E-state index contributed by atoms with van der Waals surface area (Å²) in [5.74, 6) is 0.578. The molecule has 0 saturated carbocycles. The van der Waals surface area contributed by atoms with E-state index in [0.29, 0.717) is 49.6 Å². The maximum Gasteiger partial charge on any atom is 0.259 e. The summed E-state index contributed by atoms with van der Waals surface area (Å²) in [5.41, 5.74) is 2.78. The van der Waals surface area contributed by atoms with E-state index >= 15 is 0 Å². The van der Waals surface area contributed by atoms with Crippen molar-refractivity contribution >= 4 is 45.9 Å². The summed E-state index contributed by atoms with van der Waals surface area (Å²) in [6.07, 6.45) is 0. The van der Waals surface area contributed by atoms with Gasteiger partial charge < -0.3 is 14.5 Å². The Morgan fingerprint density at radius 1 is 1.07 bits per heavy atom. The number of carbonyl (C=O) groups excluding carboxylic acids is 1. The van der Waals surface area contributed by atoms with Crippen molar-refractivity contribution in [3.63, 3.8) is 0 Å². The lowest BCUT2D eigenvalue weighted by Crippen LogP contribution is -2.13. The smallest absolute Gasteiger partial charge is 0.259 e. The summed E-state index contributed by atoms with van der Waals surface area (Å²) >= 11 is 12.3. The maximum atomic E-state index is 12.6. The summed E-state index contributed by atoms with van der Waals surface area (Å²) in [6, 6.07) is 17.3. The number of aromatic nitrogens is 1. The number of hydrogen-bond acceptors (Lipinski definition) is 4. The molecule has 1 heterocycles. The minimum absolute atomic E-state index is 0.279. The normalized spacial score (nSPS) is 10.8. The van der Waals surface area contributed by atoms with Crippen LogP contribution in [0, 0.1) is 0 Å². The van der Waals surface area contributed by atoms with E-state index in [4.69, 9.17) is 32.4 Å². The molecule has 0 atom stereocenters. The zero-order valence-corrected chi connectivity index (χ0v) is 16.2. The number of nitrogens with one attached hydrogen (secondary N) is 1. The molecule has 4 rings (SSSR count). The molecule has 0 aliphatic carbocycles. The van der Waals surface area contributed by atoms with E-state index in [2.05, 4.69) is 10.3 Å². The SMILES string of the molecule is COc1ccccc1C(=O)Nc1ccc2oc(-c3cc(Cl)ccc3Cl)nc2c1. The number of ether oxygens (including phenoxy) is 1. The number of nitrogens with zero attached hydrogens (tertiary/aromatic N) is 1. The highest BCUT2D eigenvalue weighted by Crippen LogP contribution is 2.33. The predicted molar refractivity (Wildman–Crippen MR) is 110 cm³/mol. The quantitative estimate of drug-likeness (QED) is 0.442. The molecule has 0 aliphatic heterocycles. The van der Waals surface area contributed by atoms with E-state index in [1.54, 1.807) is 60.7 Å². The van der Waals surface area contributed by atoms with Gasteiger partial charge in [0.05, 0.1) is 23.3 Å². The maximum absolute atomic E-state index is 12.6. The molecule has 5 nitrogen and oxygen atoms in total. The molecule has 0 aliphatic rings. The van der Waals surface area contributed by atoms with Crippen molar-refractivity contribution in [3.8, 4) is 17.2 Å². The second-order valence-corrected chi connectivity index (χ2v) is 6.82. The van der Waals surface area contributed by atoms with Crippen LogP contribution in [0.15, 0.2) is 65.1 Å². The molecular weight excluding hydrogens is 399 g/mol. The Morgan fingerprint density at radius 3 is 2.71 bits per heavy atom. The Kier molecular flexibility index (Phi) is 4.94. The standard InChI is InChI=1S/C21H14Cl2N2O3/c1-27-18-5-3-2-4-14(18)20(26)24-13-7-9-19-17(11-13)25-21(28-19)15-10-12(22)6-8-16(15)23/h2-11H,1H3,(H,24,26). The fourth-order valence-electron chi connectivity index (χ4n) is 2.81. The van der Waals surface area contributed by atoms with Crippen LogP contribution in [0.3, 0.4) is 0 Å². The Bertz CT molecular complexity index is 1190. The fraction of sp³-hybridized carbons (Fsp3) is 0.0476. The number of anilines is 1. The molecule has 4 aromatic rings. The van der Waals surface area contributed by atoms with Crippen LogP contribution >= 0.6 is 23.2 Å². The van der Waals surface area contributed by atoms with Crippen LogP contribution in [0.1, 0.15) is 10.4 Å². The Hall–Kier alpha value is -3.02. The molecule has 0 fully saturated rings. The van der Waals surface area contributed by atoms with Gasteiger partial charge in [0.25, 0.3) is 5.91 Å². The lowest BCUT2D eigenvalue weighted by molar-refractivity contribution is 0.102. The number of amides is 1. The third-order valence-corrected chi connectivity index (χ3v) is 4.72. The highest BCUT2D eigenvalue weighted by molar-refractivity contribution is 6.35. The van der Waals surface area contributed by atoms with Gasteiger partial charge in [-0.15, -0.1) is 0 Å². The zero-order chi connectivity index (χ0) is 19.7. The summed E-state index contributed by atoms with van der Waals surface area (Å²) in [5, 5.41) is 3.87. The molecule has 3 aromatic carbocycles. The molecule has 0 spiro atoms. The average molecular weight is 413 g/mol. The monoisotopic (exact) mass is 412 g/mol. The Morgan fingerprint density at radius 2 is 1.89 bits per heavy atom.